The Morgan fingerprint density at radius 2 is 1.33 bits per heavy atom. The van der Waals surface area contributed by atoms with Gasteiger partial charge in [0.2, 0.25) is 0 Å². The molecule has 0 aromatic rings. The summed E-state index contributed by atoms with van der Waals surface area (Å²) in [5.41, 5.74) is 0. The molecule has 2 N–H and O–H groups in total. The lowest BCUT2D eigenvalue weighted by Gasteiger charge is -1.80. The summed E-state index contributed by atoms with van der Waals surface area (Å²) in [4.78, 5) is 39.0. The summed E-state index contributed by atoms with van der Waals surface area (Å²) < 4.78 is 3.97. The molecule has 0 amide bonds. The first kappa shape index (κ1) is 12.6. The fourth-order valence-corrected chi connectivity index (χ4v) is 0.446. The minimum absolute atomic E-state index is 0.558. The van der Waals surface area contributed by atoms with Crippen LogP contribution in [-0.2, 0) is 23.9 Å². The topological polar surface area (TPSA) is 118 Å². The number of carboxylic acid groups (broad SMARTS) is 2. The van der Waals surface area contributed by atoms with Crippen molar-refractivity contribution < 1.29 is 34.1 Å². The molecule has 0 saturated heterocycles. The van der Waals surface area contributed by atoms with Crippen LogP contribution in [0.4, 0.5) is 0 Å². The summed E-state index contributed by atoms with van der Waals surface area (Å²) in [6, 6.07) is 0. The van der Waals surface area contributed by atoms with Crippen LogP contribution in [0.15, 0.2) is 24.3 Å². The van der Waals surface area contributed by atoms with E-state index < -0.39 is 23.9 Å². The van der Waals surface area contributed by atoms with Crippen LogP contribution in [0.3, 0.4) is 0 Å². The van der Waals surface area contributed by atoms with Crippen LogP contribution < -0.4 is 0 Å². The van der Waals surface area contributed by atoms with E-state index in [1.807, 2.05) is 0 Å². The van der Waals surface area contributed by atoms with Crippen molar-refractivity contribution in [2.45, 2.75) is 0 Å². The molecule has 1 aliphatic heterocycles. The fourth-order valence-electron chi connectivity index (χ4n) is 0.446. The number of hydrogen-bond donors (Lipinski definition) is 2. The number of ether oxygens (including phenoxy) is 1. The van der Waals surface area contributed by atoms with Crippen molar-refractivity contribution in [2.75, 3.05) is 0 Å². The lowest BCUT2D eigenvalue weighted by atomic mass is 10.5. The van der Waals surface area contributed by atoms with Gasteiger partial charge in [0.1, 0.15) is 0 Å². The molecule has 0 saturated carbocycles. The number of esters is 2. The maximum absolute atomic E-state index is 9.92. The largest absolute Gasteiger partial charge is 0.478 e. The van der Waals surface area contributed by atoms with E-state index in [1.54, 1.807) is 0 Å². The highest BCUT2D eigenvalue weighted by molar-refractivity contribution is 6.04. The van der Waals surface area contributed by atoms with E-state index in [0.29, 0.717) is 12.2 Å². The highest BCUT2D eigenvalue weighted by atomic mass is 16.6. The standard InChI is InChI=1S/C4H4O4.C4H2O3/c5-3(6)1-2-4(7)8;5-3-1-2-4(6)7-3/h1-2H,(H,5,6)(H,7,8);1-2H. The van der Waals surface area contributed by atoms with Crippen molar-refractivity contribution in [3.63, 3.8) is 0 Å². The van der Waals surface area contributed by atoms with Crippen molar-refractivity contribution in [1.29, 1.82) is 0 Å². The molecule has 0 fully saturated rings. The number of rotatable bonds is 2. The highest BCUT2D eigenvalue weighted by Crippen LogP contribution is 1.92. The zero-order valence-electron chi connectivity index (χ0n) is 7.25. The Balaban J connectivity index is 0.000000262. The summed E-state index contributed by atoms with van der Waals surface area (Å²) >= 11 is 0. The smallest absolute Gasteiger partial charge is 0.338 e. The number of carboxylic acids is 2. The van der Waals surface area contributed by atoms with E-state index >= 15 is 0 Å². The Bertz CT molecular complexity index is 318. The number of aliphatic carboxylic acids is 2. The van der Waals surface area contributed by atoms with Gasteiger partial charge in [-0.15, -0.1) is 0 Å². The molecule has 0 aromatic carbocycles. The number of carbonyl (C=O) groups is 4. The Kier molecular flexibility index (Phi) is 5.09. The Labute approximate surface area is 83.3 Å². The molecule has 0 bridgehead atoms. The van der Waals surface area contributed by atoms with Crippen LogP contribution in [0.2, 0.25) is 0 Å². The van der Waals surface area contributed by atoms with Gasteiger partial charge in [-0.25, -0.2) is 19.2 Å². The number of hydrogen-bond acceptors (Lipinski definition) is 5. The number of cyclic esters (lactones) is 2. The van der Waals surface area contributed by atoms with E-state index in [-0.39, 0.29) is 0 Å². The van der Waals surface area contributed by atoms with E-state index in [0.717, 1.165) is 12.2 Å². The molecule has 15 heavy (non-hydrogen) atoms. The van der Waals surface area contributed by atoms with Crippen molar-refractivity contribution in [3.8, 4) is 0 Å². The number of carbonyl (C=O) groups excluding carboxylic acids is 2. The summed E-state index contributed by atoms with van der Waals surface area (Å²) in [5.74, 6) is -3.67. The summed E-state index contributed by atoms with van der Waals surface area (Å²) in [6.07, 6.45) is 3.29. The molecule has 0 atom stereocenters. The molecule has 0 aliphatic carbocycles. The van der Waals surface area contributed by atoms with Crippen LogP contribution in [0.5, 0.6) is 0 Å². The molecule has 1 rings (SSSR count). The van der Waals surface area contributed by atoms with Crippen LogP contribution in [-0.4, -0.2) is 34.1 Å². The SMILES string of the molecule is O=C(O)C=CC(=O)O.O=C1C=CC(=O)O1. The predicted molar refractivity (Wildman–Crippen MR) is 44.7 cm³/mol. The van der Waals surface area contributed by atoms with Gasteiger partial charge in [-0.1, -0.05) is 0 Å². The third-order valence-electron chi connectivity index (χ3n) is 0.925. The quantitative estimate of drug-likeness (QED) is 0.355. The molecule has 80 valence electrons. The third-order valence-corrected chi connectivity index (χ3v) is 0.925. The van der Waals surface area contributed by atoms with Gasteiger partial charge in [0.25, 0.3) is 0 Å². The average Bonchev–Trinajstić information content (AvgIpc) is 2.47. The van der Waals surface area contributed by atoms with Crippen LogP contribution >= 0.6 is 0 Å². The van der Waals surface area contributed by atoms with Gasteiger partial charge < -0.3 is 14.9 Å². The minimum atomic E-state index is -1.26. The van der Waals surface area contributed by atoms with E-state index in [4.69, 9.17) is 10.2 Å². The summed E-state index contributed by atoms with van der Waals surface area (Å²) in [5, 5.41) is 15.6. The lowest BCUT2D eigenvalue weighted by Crippen LogP contribution is -1.96. The first-order valence-electron chi connectivity index (χ1n) is 3.49. The van der Waals surface area contributed by atoms with Gasteiger partial charge >= 0.3 is 23.9 Å². The second kappa shape index (κ2) is 6.08. The Morgan fingerprint density at radius 3 is 1.47 bits per heavy atom. The fraction of sp³-hybridized carbons (Fsp3) is 0. The van der Waals surface area contributed by atoms with Gasteiger partial charge in [-0.3, -0.25) is 0 Å². The molecule has 0 aromatic heterocycles. The first-order valence-corrected chi connectivity index (χ1v) is 3.49. The lowest BCUT2D eigenvalue weighted by molar-refractivity contribution is -0.150. The molecule has 0 spiro atoms. The van der Waals surface area contributed by atoms with Gasteiger partial charge in [0, 0.05) is 24.3 Å². The first-order chi connectivity index (χ1) is 6.91. The normalized spacial score (nSPS) is 13.3. The van der Waals surface area contributed by atoms with Gasteiger partial charge in [0.05, 0.1) is 0 Å². The Hall–Kier alpha value is -2.44. The second-order valence-electron chi connectivity index (χ2n) is 2.08. The average molecular weight is 214 g/mol. The van der Waals surface area contributed by atoms with Crippen molar-refractivity contribution in [2.24, 2.45) is 0 Å². The van der Waals surface area contributed by atoms with Gasteiger partial charge in [-0.05, 0) is 0 Å². The second-order valence-corrected chi connectivity index (χ2v) is 2.08. The predicted octanol–water partition coefficient (Wildman–Crippen LogP) is -0.662. The van der Waals surface area contributed by atoms with Crippen LogP contribution in [0.1, 0.15) is 0 Å². The van der Waals surface area contributed by atoms with Crippen LogP contribution in [0.25, 0.3) is 0 Å². The molecule has 1 aliphatic rings. The zero-order chi connectivity index (χ0) is 11.8. The minimum Gasteiger partial charge on any atom is -0.478 e. The molecule has 7 nitrogen and oxygen atoms in total. The summed E-state index contributed by atoms with van der Waals surface area (Å²) in [7, 11) is 0. The van der Waals surface area contributed by atoms with Gasteiger partial charge in [-0.2, -0.15) is 0 Å². The highest BCUT2D eigenvalue weighted by Gasteiger charge is 2.10. The van der Waals surface area contributed by atoms with Crippen molar-refractivity contribution >= 4 is 23.9 Å². The van der Waals surface area contributed by atoms with Crippen molar-refractivity contribution in [3.05, 3.63) is 24.3 Å². The molecular formula is C8H6O7. The molecular weight excluding hydrogens is 208 g/mol. The van der Waals surface area contributed by atoms with Crippen LogP contribution in [0, 0.1) is 0 Å². The summed E-state index contributed by atoms with van der Waals surface area (Å²) in [6.45, 7) is 0. The van der Waals surface area contributed by atoms with E-state index in [2.05, 4.69) is 4.74 Å². The molecule has 7 heteroatoms. The maximum atomic E-state index is 9.92. The molecule has 1 heterocycles. The monoisotopic (exact) mass is 214 g/mol. The Morgan fingerprint density at radius 1 is 1.00 bits per heavy atom. The maximum Gasteiger partial charge on any atom is 0.338 e. The van der Waals surface area contributed by atoms with Crippen molar-refractivity contribution in [1.82, 2.24) is 0 Å². The van der Waals surface area contributed by atoms with E-state index in [9.17, 15) is 19.2 Å². The molecule has 0 radical (unpaired) electrons. The van der Waals surface area contributed by atoms with Gasteiger partial charge in [0.15, 0.2) is 0 Å². The van der Waals surface area contributed by atoms with E-state index in [1.165, 1.54) is 0 Å². The third kappa shape index (κ3) is 7.91. The zero-order valence-corrected chi connectivity index (χ0v) is 7.25. The molecule has 0 unspecified atom stereocenters.